The van der Waals surface area contributed by atoms with E-state index in [0.717, 1.165) is 63.9 Å². The average molecular weight is 391 g/mol. The highest BCUT2D eigenvalue weighted by Crippen LogP contribution is 2.28. The van der Waals surface area contributed by atoms with Gasteiger partial charge in [-0.25, -0.2) is 0 Å². The molecule has 0 aliphatic carbocycles. The first-order valence-electron chi connectivity index (χ1n) is 10.9. The van der Waals surface area contributed by atoms with E-state index >= 15 is 0 Å². The van der Waals surface area contributed by atoms with Gasteiger partial charge in [0.25, 0.3) is 0 Å². The first-order valence-corrected chi connectivity index (χ1v) is 10.9. The third-order valence-corrected chi connectivity index (χ3v) is 6.45. The number of aliphatic hydroxyl groups is 1. The topological polar surface area (TPSA) is 77.9 Å². The van der Waals surface area contributed by atoms with E-state index < -0.39 is 0 Å². The molecule has 1 N–H and O–H groups in total. The molecular weight excluding hydrogens is 356 g/mol. The lowest BCUT2D eigenvalue weighted by atomic mass is 10.2. The first-order chi connectivity index (χ1) is 13.8. The van der Waals surface area contributed by atoms with Gasteiger partial charge in [-0.3, -0.25) is 4.90 Å². The van der Waals surface area contributed by atoms with Crippen LogP contribution in [0.3, 0.4) is 0 Å². The van der Waals surface area contributed by atoms with Crippen molar-refractivity contribution in [3.8, 4) is 6.01 Å². The average Bonchev–Trinajstić information content (AvgIpc) is 3.29. The van der Waals surface area contributed by atoms with Crippen LogP contribution in [0.25, 0.3) is 0 Å². The van der Waals surface area contributed by atoms with E-state index in [4.69, 9.17) is 9.72 Å². The molecule has 4 rings (SSSR count). The third-order valence-electron chi connectivity index (χ3n) is 6.45. The van der Waals surface area contributed by atoms with Crippen molar-refractivity contribution in [2.75, 3.05) is 56.2 Å². The molecule has 2 atom stereocenters. The molecular formula is C20H34N6O2. The summed E-state index contributed by atoms with van der Waals surface area (Å²) < 4.78 is 5.42. The molecule has 156 valence electrons. The number of ether oxygens (including phenoxy) is 1. The summed E-state index contributed by atoms with van der Waals surface area (Å²) in [6, 6.07) is 1.10. The maximum Gasteiger partial charge on any atom is 0.322 e. The Morgan fingerprint density at radius 1 is 0.857 bits per heavy atom. The Labute approximate surface area is 167 Å². The van der Waals surface area contributed by atoms with Gasteiger partial charge in [-0.15, -0.1) is 0 Å². The van der Waals surface area contributed by atoms with E-state index in [0.29, 0.717) is 18.1 Å². The fourth-order valence-electron chi connectivity index (χ4n) is 4.87. The zero-order chi connectivity index (χ0) is 19.3. The van der Waals surface area contributed by atoms with Gasteiger partial charge in [0.1, 0.15) is 0 Å². The lowest BCUT2D eigenvalue weighted by molar-refractivity contribution is 0.153. The van der Waals surface area contributed by atoms with Crippen LogP contribution in [0.4, 0.5) is 11.9 Å². The van der Waals surface area contributed by atoms with Crippen LogP contribution in [0.15, 0.2) is 0 Å². The highest BCUT2D eigenvalue weighted by atomic mass is 16.5. The van der Waals surface area contributed by atoms with E-state index in [1.165, 1.54) is 32.1 Å². The van der Waals surface area contributed by atoms with Crippen molar-refractivity contribution < 1.29 is 9.84 Å². The Morgan fingerprint density at radius 2 is 1.57 bits per heavy atom. The van der Waals surface area contributed by atoms with Gasteiger partial charge in [0.2, 0.25) is 11.9 Å². The van der Waals surface area contributed by atoms with Crippen molar-refractivity contribution in [3.63, 3.8) is 0 Å². The smallest absolute Gasteiger partial charge is 0.322 e. The van der Waals surface area contributed by atoms with Crippen molar-refractivity contribution in [1.82, 2.24) is 19.9 Å². The number of nitrogens with zero attached hydrogens (tertiary/aromatic N) is 6. The Kier molecular flexibility index (Phi) is 6.47. The molecule has 3 saturated heterocycles. The van der Waals surface area contributed by atoms with E-state index in [1.807, 2.05) is 0 Å². The van der Waals surface area contributed by atoms with E-state index in [1.54, 1.807) is 7.11 Å². The van der Waals surface area contributed by atoms with Crippen LogP contribution in [0.1, 0.15) is 51.4 Å². The number of likely N-dealkylation sites (tertiary alicyclic amines) is 1. The summed E-state index contributed by atoms with van der Waals surface area (Å²) in [7, 11) is 1.63. The second-order valence-corrected chi connectivity index (χ2v) is 8.29. The molecule has 3 fully saturated rings. The second kappa shape index (κ2) is 9.22. The summed E-state index contributed by atoms with van der Waals surface area (Å²) in [6.45, 7) is 5.28. The number of methoxy groups -OCH3 is 1. The second-order valence-electron chi connectivity index (χ2n) is 8.29. The monoisotopic (exact) mass is 390 g/mol. The molecule has 3 aliphatic heterocycles. The van der Waals surface area contributed by atoms with Crippen LogP contribution in [-0.2, 0) is 0 Å². The van der Waals surface area contributed by atoms with Gasteiger partial charge in [0.15, 0.2) is 0 Å². The molecule has 2 unspecified atom stereocenters. The Bertz CT molecular complexity index is 637. The Hall–Kier alpha value is -1.67. The van der Waals surface area contributed by atoms with Crippen LogP contribution in [0.2, 0.25) is 0 Å². The van der Waals surface area contributed by atoms with Gasteiger partial charge < -0.3 is 19.6 Å². The van der Waals surface area contributed by atoms with Gasteiger partial charge in [-0.2, -0.15) is 15.0 Å². The van der Waals surface area contributed by atoms with Crippen molar-refractivity contribution in [1.29, 1.82) is 0 Å². The molecule has 0 saturated carbocycles. The van der Waals surface area contributed by atoms with Crippen LogP contribution in [0.5, 0.6) is 6.01 Å². The Morgan fingerprint density at radius 3 is 2.32 bits per heavy atom. The molecule has 0 radical (unpaired) electrons. The largest absolute Gasteiger partial charge is 0.467 e. The number of anilines is 2. The number of aliphatic hydroxyl groups excluding tert-OH is 1. The lowest BCUT2D eigenvalue weighted by Crippen LogP contribution is -2.44. The predicted molar refractivity (Wildman–Crippen MR) is 109 cm³/mol. The number of hydrogen-bond acceptors (Lipinski definition) is 8. The minimum Gasteiger partial charge on any atom is -0.467 e. The normalized spacial score (nSPS) is 26.6. The molecule has 4 heterocycles. The van der Waals surface area contributed by atoms with Gasteiger partial charge in [0.05, 0.1) is 13.7 Å². The zero-order valence-electron chi connectivity index (χ0n) is 17.1. The Balaban J connectivity index is 1.53. The molecule has 0 amide bonds. The summed E-state index contributed by atoms with van der Waals surface area (Å²) in [5.74, 6) is 1.50. The highest BCUT2D eigenvalue weighted by molar-refractivity contribution is 5.42. The molecule has 28 heavy (non-hydrogen) atoms. The lowest BCUT2D eigenvalue weighted by Gasteiger charge is -2.31. The fourth-order valence-corrected chi connectivity index (χ4v) is 4.87. The van der Waals surface area contributed by atoms with Gasteiger partial charge >= 0.3 is 6.01 Å². The minimum atomic E-state index is 0.255. The highest BCUT2D eigenvalue weighted by Gasteiger charge is 2.33. The summed E-state index contributed by atoms with van der Waals surface area (Å²) in [5, 5.41) is 9.65. The summed E-state index contributed by atoms with van der Waals surface area (Å²) in [5.41, 5.74) is 0. The van der Waals surface area contributed by atoms with Gasteiger partial charge in [0, 0.05) is 38.3 Å². The zero-order valence-corrected chi connectivity index (χ0v) is 17.1. The molecule has 1 aromatic rings. The standard InChI is InChI=1S/C20H34N6O2/c1-28-20-22-18(24-10-4-2-3-5-11-24)21-19(23-20)26-13-7-8-16(26)14-25-12-6-9-17(25)15-27/h16-17,27H,2-15H2,1H3. The summed E-state index contributed by atoms with van der Waals surface area (Å²) in [6.07, 6.45) is 9.50. The van der Waals surface area contributed by atoms with Gasteiger partial charge in [-0.05, 0) is 45.1 Å². The third kappa shape index (κ3) is 4.33. The van der Waals surface area contributed by atoms with E-state index in [9.17, 15) is 5.11 Å². The molecule has 8 heteroatoms. The summed E-state index contributed by atoms with van der Waals surface area (Å²) >= 11 is 0. The minimum absolute atomic E-state index is 0.255. The molecule has 1 aromatic heterocycles. The SMILES string of the molecule is COc1nc(N2CCCCCC2)nc(N2CCCC2CN2CCCC2CO)n1. The van der Waals surface area contributed by atoms with Crippen molar-refractivity contribution in [2.45, 2.75) is 63.5 Å². The number of rotatable bonds is 6. The maximum atomic E-state index is 9.65. The van der Waals surface area contributed by atoms with Crippen LogP contribution in [0, 0.1) is 0 Å². The molecule has 0 spiro atoms. The fraction of sp³-hybridized carbons (Fsp3) is 0.850. The van der Waals surface area contributed by atoms with Crippen molar-refractivity contribution in [3.05, 3.63) is 0 Å². The predicted octanol–water partition coefficient (Wildman–Crippen LogP) is 1.69. The van der Waals surface area contributed by atoms with Crippen LogP contribution >= 0.6 is 0 Å². The van der Waals surface area contributed by atoms with Crippen LogP contribution < -0.4 is 14.5 Å². The summed E-state index contributed by atoms with van der Waals surface area (Å²) in [4.78, 5) is 21.1. The quantitative estimate of drug-likeness (QED) is 0.786. The van der Waals surface area contributed by atoms with E-state index in [-0.39, 0.29) is 6.61 Å². The first kappa shape index (κ1) is 19.6. The molecule has 3 aliphatic rings. The maximum absolute atomic E-state index is 9.65. The molecule has 0 bridgehead atoms. The molecule has 0 aromatic carbocycles. The molecule has 8 nitrogen and oxygen atoms in total. The van der Waals surface area contributed by atoms with Gasteiger partial charge in [-0.1, -0.05) is 12.8 Å². The van der Waals surface area contributed by atoms with Crippen LogP contribution in [-0.4, -0.2) is 83.5 Å². The van der Waals surface area contributed by atoms with Crippen molar-refractivity contribution >= 4 is 11.9 Å². The van der Waals surface area contributed by atoms with Crippen molar-refractivity contribution in [2.24, 2.45) is 0 Å². The van der Waals surface area contributed by atoms with E-state index in [2.05, 4.69) is 24.7 Å². The number of hydrogen-bond donors (Lipinski definition) is 1. The number of aromatic nitrogens is 3.